The summed E-state index contributed by atoms with van der Waals surface area (Å²) in [6, 6.07) is 19.9. The predicted molar refractivity (Wildman–Crippen MR) is 90.9 cm³/mol. The van der Waals surface area contributed by atoms with Crippen molar-refractivity contribution < 1.29 is 9.36 Å². The van der Waals surface area contributed by atoms with E-state index in [1.54, 1.807) is 4.57 Å². The molecular formula is C19H18N3O+. The molecule has 0 spiro atoms. The summed E-state index contributed by atoms with van der Waals surface area (Å²) in [5.74, 6) is -0.152. The molecular weight excluding hydrogens is 286 g/mol. The van der Waals surface area contributed by atoms with E-state index in [0.29, 0.717) is 0 Å². The normalized spacial score (nSPS) is 11.4. The third-order valence-corrected chi connectivity index (χ3v) is 3.63. The predicted octanol–water partition coefficient (Wildman–Crippen LogP) is 2.67. The number of amides is 1. The van der Waals surface area contributed by atoms with Gasteiger partial charge in [-0.15, -0.1) is 0 Å². The van der Waals surface area contributed by atoms with Gasteiger partial charge in [-0.25, -0.2) is 5.43 Å². The molecule has 1 heterocycles. The van der Waals surface area contributed by atoms with Gasteiger partial charge in [0, 0.05) is 17.7 Å². The molecule has 0 aliphatic rings. The number of rotatable bonds is 4. The van der Waals surface area contributed by atoms with E-state index in [-0.39, 0.29) is 12.5 Å². The van der Waals surface area contributed by atoms with Gasteiger partial charge in [-0.2, -0.15) is 9.67 Å². The first-order valence-corrected chi connectivity index (χ1v) is 7.49. The van der Waals surface area contributed by atoms with Crippen LogP contribution in [0.1, 0.15) is 12.5 Å². The van der Waals surface area contributed by atoms with Crippen LogP contribution in [0.4, 0.5) is 0 Å². The maximum atomic E-state index is 12.0. The summed E-state index contributed by atoms with van der Waals surface area (Å²) >= 11 is 0. The van der Waals surface area contributed by atoms with Gasteiger partial charge in [0.1, 0.15) is 0 Å². The van der Waals surface area contributed by atoms with Gasteiger partial charge < -0.3 is 0 Å². The summed E-state index contributed by atoms with van der Waals surface area (Å²) < 4.78 is 1.80. The van der Waals surface area contributed by atoms with E-state index in [1.165, 1.54) is 0 Å². The molecule has 0 radical (unpaired) electrons. The number of nitrogens with zero attached hydrogens (tertiary/aromatic N) is 2. The van der Waals surface area contributed by atoms with Crippen molar-refractivity contribution in [3.8, 4) is 0 Å². The molecule has 0 aliphatic carbocycles. The third-order valence-electron chi connectivity index (χ3n) is 3.63. The van der Waals surface area contributed by atoms with Crippen LogP contribution in [0.2, 0.25) is 0 Å². The van der Waals surface area contributed by atoms with Gasteiger partial charge in [0.25, 0.3) is 0 Å². The van der Waals surface area contributed by atoms with Crippen molar-refractivity contribution in [2.75, 3.05) is 0 Å². The second kappa shape index (κ2) is 6.83. The maximum Gasteiger partial charge on any atom is 0.305 e. The number of carbonyl (C=O) groups excluding carboxylic acids is 1. The summed E-state index contributed by atoms with van der Waals surface area (Å²) in [5.41, 5.74) is 4.43. The molecule has 0 aliphatic heterocycles. The Balaban J connectivity index is 1.75. The first-order chi connectivity index (χ1) is 11.2. The zero-order valence-corrected chi connectivity index (χ0v) is 12.9. The van der Waals surface area contributed by atoms with E-state index in [4.69, 9.17) is 0 Å². The van der Waals surface area contributed by atoms with Crippen LogP contribution in [0.15, 0.2) is 78.2 Å². The number of hydrogen-bond acceptors (Lipinski definition) is 2. The minimum absolute atomic E-state index is 0.152. The fraction of sp³-hybridized carbons (Fsp3) is 0.105. The van der Waals surface area contributed by atoms with E-state index in [1.807, 2.05) is 61.8 Å². The lowest BCUT2D eigenvalue weighted by Crippen LogP contribution is -2.41. The Hall–Kier alpha value is -3.01. The summed E-state index contributed by atoms with van der Waals surface area (Å²) in [6.45, 7) is 2.14. The van der Waals surface area contributed by atoms with Crippen molar-refractivity contribution >= 4 is 22.4 Å². The molecule has 2 aromatic carbocycles. The van der Waals surface area contributed by atoms with Gasteiger partial charge in [0.2, 0.25) is 6.54 Å². The van der Waals surface area contributed by atoms with Gasteiger partial charge in [0.05, 0.1) is 5.71 Å². The number of fused-ring (bicyclic) bond motifs is 1. The summed E-state index contributed by atoms with van der Waals surface area (Å²) in [7, 11) is 0. The van der Waals surface area contributed by atoms with Crippen LogP contribution in [0.5, 0.6) is 0 Å². The van der Waals surface area contributed by atoms with Crippen LogP contribution in [0, 0.1) is 0 Å². The highest BCUT2D eigenvalue weighted by Crippen LogP contribution is 2.18. The lowest BCUT2D eigenvalue weighted by molar-refractivity contribution is -0.684. The molecule has 1 amide bonds. The molecule has 114 valence electrons. The molecule has 23 heavy (non-hydrogen) atoms. The van der Waals surface area contributed by atoms with Crippen LogP contribution >= 0.6 is 0 Å². The van der Waals surface area contributed by atoms with Crippen LogP contribution in [0.3, 0.4) is 0 Å². The molecule has 3 aromatic rings. The van der Waals surface area contributed by atoms with Crippen molar-refractivity contribution in [2.45, 2.75) is 13.5 Å². The Morgan fingerprint density at radius 1 is 1.00 bits per heavy atom. The summed E-state index contributed by atoms with van der Waals surface area (Å²) in [4.78, 5) is 12.0. The molecule has 4 heteroatoms. The molecule has 0 unspecified atom stereocenters. The number of nitrogens with one attached hydrogen (secondary N) is 1. The van der Waals surface area contributed by atoms with E-state index < -0.39 is 0 Å². The van der Waals surface area contributed by atoms with Gasteiger partial charge in [-0.1, -0.05) is 48.5 Å². The van der Waals surface area contributed by atoms with Crippen molar-refractivity contribution in [2.24, 2.45) is 5.10 Å². The number of hydrazone groups is 1. The fourth-order valence-electron chi connectivity index (χ4n) is 2.49. The van der Waals surface area contributed by atoms with Crippen LogP contribution in [-0.2, 0) is 11.3 Å². The molecule has 0 atom stereocenters. The Morgan fingerprint density at radius 2 is 1.74 bits per heavy atom. The Morgan fingerprint density at radius 3 is 2.57 bits per heavy atom. The smallest absolute Gasteiger partial charge is 0.266 e. The van der Waals surface area contributed by atoms with Crippen LogP contribution in [-0.4, -0.2) is 11.6 Å². The van der Waals surface area contributed by atoms with Gasteiger partial charge in [-0.05, 0) is 17.7 Å². The molecule has 0 fully saturated rings. The number of benzene rings is 2. The second-order valence-electron chi connectivity index (χ2n) is 5.31. The zero-order chi connectivity index (χ0) is 16.1. The molecule has 4 nitrogen and oxygen atoms in total. The van der Waals surface area contributed by atoms with E-state index >= 15 is 0 Å². The molecule has 0 saturated carbocycles. The van der Waals surface area contributed by atoms with Crippen molar-refractivity contribution in [1.29, 1.82) is 0 Å². The van der Waals surface area contributed by atoms with E-state index in [0.717, 1.165) is 22.0 Å². The lowest BCUT2D eigenvalue weighted by Gasteiger charge is -2.06. The number of aromatic nitrogens is 1. The van der Waals surface area contributed by atoms with Crippen molar-refractivity contribution in [3.05, 3.63) is 78.6 Å². The van der Waals surface area contributed by atoms with Crippen molar-refractivity contribution in [3.63, 3.8) is 0 Å². The highest BCUT2D eigenvalue weighted by Gasteiger charge is 2.08. The molecule has 0 saturated heterocycles. The standard InChI is InChI=1S/C19H17N3O/c1-15(17-11-7-9-16-8-3-4-10-18(16)17)20-21-19(23)14-22-12-5-2-6-13-22/h2-13H,14H2,1H3/p+1/b20-15-. The average Bonchev–Trinajstić information content (AvgIpc) is 2.60. The summed E-state index contributed by atoms with van der Waals surface area (Å²) in [6.07, 6.45) is 3.70. The first-order valence-electron chi connectivity index (χ1n) is 7.49. The van der Waals surface area contributed by atoms with Crippen LogP contribution < -0.4 is 9.99 Å². The SMILES string of the molecule is C/C(=N/NC(=O)C[n+]1ccccc1)c1cccc2ccccc12. The van der Waals surface area contributed by atoms with Crippen molar-refractivity contribution in [1.82, 2.24) is 5.43 Å². The van der Waals surface area contributed by atoms with Gasteiger partial charge in [0.15, 0.2) is 12.4 Å². The molecule has 0 bridgehead atoms. The molecule has 3 rings (SSSR count). The Bertz CT molecular complexity index is 851. The van der Waals surface area contributed by atoms with Gasteiger partial charge >= 0.3 is 5.91 Å². The second-order valence-corrected chi connectivity index (χ2v) is 5.31. The Labute approximate surface area is 135 Å². The first kappa shape index (κ1) is 14.9. The zero-order valence-electron chi connectivity index (χ0n) is 12.9. The van der Waals surface area contributed by atoms with Crippen LogP contribution in [0.25, 0.3) is 10.8 Å². The minimum atomic E-state index is -0.152. The van der Waals surface area contributed by atoms with E-state index in [9.17, 15) is 4.79 Å². The maximum absolute atomic E-state index is 12.0. The highest BCUT2D eigenvalue weighted by molar-refractivity contribution is 6.09. The highest BCUT2D eigenvalue weighted by atomic mass is 16.2. The minimum Gasteiger partial charge on any atom is -0.266 e. The molecule has 1 aromatic heterocycles. The lowest BCUT2D eigenvalue weighted by atomic mass is 10.0. The summed E-state index contributed by atoms with van der Waals surface area (Å²) in [5, 5.41) is 6.53. The molecule has 1 N–H and O–H groups in total. The van der Waals surface area contributed by atoms with Gasteiger partial charge in [-0.3, -0.25) is 4.79 Å². The largest absolute Gasteiger partial charge is 0.305 e. The Kier molecular flexibility index (Phi) is 4.43. The topological polar surface area (TPSA) is 45.3 Å². The monoisotopic (exact) mass is 304 g/mol. The van der Waals surface area contributed by atoms with E-state index in [2.05, 4.69) is 28.7 Å². The number of hydrogen-bond donors (Lipinski definition) is 1. The average molecular weight is 304 g/mol. The number of carbonyl (C=O) groups is 1. The quantitative estimate of drug-likeness (QED) is 0.449. The number of pyridine rings is 1. The third kappa shape index (κ3) is 3.61. The fourth-order valence-corrected chi connectivity index (χ4v) is 2.49.